The third-order valence-electron chi connectivity index (χ3n) is 2.56. The van der Waals surface area contributed by atoms with Crippen LogP contribution in [0.1, 0.15) is 16.2 Å². The van der Waals surface area contributed by atoms with Gasteiger partial charge in [0.15, 0.2) is 17.8 Å². The first kappa shape index (κ1) is 12.1. The van der Waals surface area contributed by atoms with E-state index in [9.17, 15) is 4.79 Å². The van der Waals surface area contributed by atoms with Gasteiger partial charge in [0.1, 0.15) is 5.69 Å². The van der Waals surface area contributed by atoms with Crippen molar-refractivity contribution in [2.75, 3.05) is 0 Å². The summed E-state index contributed by atoms with van der Waals surface area (Å²) in [6.45, 7) is 1.85. The minimum atomic E-state index is -0.638. The lowest BCUT2D eigenvalue weighted by atomic mass is 10.2. The molecule has 7 nitrogen and oxygen atoms in total. The smallest absolute Gasteiger partial charge is 0.367 e. The number of nitrogens with zero attached hydrogens (tertiary/aromatic N) is 3. The van der Waals surface area contributed by atoms with E-state index >= 15 is 0 Å². The van der Waals surface area contributed by atoms with Gasteiger partial charge in [0.05, 0.1) is 6.20 Å². The molecule has 3 aromatic rings. The maximum Gasteiger partial charge on any atom is 0.367 e. The van der Waals surface area contributed by atoms with Crippen molar-refractivity contribution in [1.82, 2.24) is 20.2 Å². The summed E-state index contributed by atoms with van der Waals surface area (Å²) in [7, 11) is 0. The fourth-order valence-corrected chi connectivity index (χ4v) is 1.69. The lowest BCUT2D eigenvalue weighted by molar-refractivity contribution is 0.0722. The van der Waals surface area contributed by atoms with Gasteiger partial charge in [-0.2, -0.15) is 5.10 Å². The largest absolute Gasteiger partial charge is 0.441 e. The van der Waals surface area contributed by atoms with Gasteiger partial charge in [-0.25, -0.2) is 19.9 Å². The Balaban J connectivity index is 1.92. The van der Waals surface area contributed by atoms with Crippen LogP contribution in [0.2, 0.25) is 0 Å². The number of aryl methyl sites for hydroxylation is 1. The highest BCUT2D eigenvalue weighted by atomic mass is 16.5. The van der Waals surface area contributed by atoms with Crippen molar-refractivity contribution >= 4 is 5.97 Å². The van der Waals surface area contributed by atoms with Gasteiger partial charge in [-0.1, -0.05) is 6.07 Å². The second-order valence-corrected chi connectivity index (χ2v) is 4.00. The van der Waals surface area contributed by atoms with Crippen LogP contribution >= 0.6 is 0 Å². The molecule has 3 rings (SSSR count). The number of oxazole rings is 1. The molecule has 3 heterocycles. The fourth-order valence-electron chi connectivity index (χ4n) is 1.69. The first-order chi connectivity index (χ1) is 9.74. The van der Waals surface area contributed by atoms with Crippen LogP contribution in [0.4, 0.5) is 0 Å². The van der Waals surface area contributed by atoms with Crippen molar-refractivity contribution in [3.63, 3.8) is 0 Å². The standard InChI is InChI=1S/C13H10N4O3/c1-8-3-2-4-9(16-8)12-11(14-7-19-12)13(18)20-10-5-6-15-17-10/h2-7H,1H3,(H,15,17). The number of ether oxygens (including phenoxy) is 1. The van der Waals surface area contributed by atoms with Crippen LogP contribution in [0.25, 0.3) is 11.5 Å². The van der Waals surface area contributed by atoms with Crippen LogP contribution in [0.3, 0.4) is 0 Å². The van der Waals surface area contributed by atoms with Gasteiger partial charge < -0.3 is 9.15 Å². The van der Waals surface area contributed by atoms with E-state index in [-0.39, 0.29) is 17.3 Å². The number of hydrogen-bond acceptors (Lipinski definition) is 6. The third-order valence-corrected chi connectivity index (χ3v) is 2.56. The number of nitrogens with one attached hydrogen (secondary N) is 1. The molecular formula is C13H10N4O3. The highest BCUT2D eigenvalue weighted by Crippen LogP contribution is 2.22. The number of carbonyl (C=O) groups is 1. The van der Waals surface area contributed by atoms with Crippen molar-refractivity contribution in [3.8, 4) is 17.3 Å². The summed E-state index contributed by atoms with van der Waals surface area (Å²) in [5, 5.41) is 6.22. The molecule has 20 heavy (non-hydrogen) atoms. The molecule has 1 N–H and O–H groups in total. The second-order valence-electron chi connectivity index (χ2n) is 4.00. The Morgan fingerprint density at radius 1 is 1.35 bits per heavy atom. The average molecular weight is 270 g/mol. The Bertz CT molecular complexity index is 734. The van der Waals surface area contributed by atoms with E-state index in [1.54, 1.807) is 6.07 Å². The number of hydrogen-bond donors (Lipinski definition) is 1. The van der Waals surface area contributed by atoms with Crippen molar-refractivity contribution in [2.45, 2.75) is 6.92 Å². The van der Waals surface area contributed by atoms with Gasteiger partial charge in [0.25, 0.3) is 0 Å². The molecule has 3 aromatic heterocycles. The number of rotatable bonds is 3. The first-order valence-electron chi connectivity index (χ1n) is 5.83. The van der Waals surface area contributed by atoms with Crippen molar-refractivity contribution < 1.29 is 13.9 Å². The van der Waals surface area contributed by atoms with Crippen LogP contribution < -0.4 is 4.74 Å². The number of H-pyrrole nitrogens is 1. The summed E-state index contributed by atoms with van der Waals surface area (Å²) in [6, 6.07) is 6.94. The third kappa shape index (κ3) is 2.28. The van der Waals surface area contributed by atoms with E-state index in [0.717, 1.165) is 5.69 Å². The minimum Gasteiger partial charge on any atom is -0.441 e. The van der Waals surface area contributed by atoms with Crippen LogP contribution in [-0.2, 0) is 0 Å². The molecule has 100 valence electrons. The number of pyridine rings is 1. The lowest BCUT2D eigenvalue weighted by Crippen LogP contribution is -2.10. The Morgan fingerprint density at radius 3 is 3.00 bits per heavy atom. The van der Waals surface area contributed by atoms with Crippen LogP contribution in [-0.4, -0.2) is 26.1 Å². The Morgan fingerprint density at radius 2 is 2.25 bits per heavy atom. The van der Waals surface area contributed by atoms with E-state index in [1.807, 2.05) is 19.1 Å². The van der Waals surface area contributed by atoms with E-state index < -0.39 is 5.97 Å². The highest BCUT2D eigenvalue weighted by Gasteiger charge is 2.21. The molecule has 0 aliphatic heterocycles. The molecule has 0 fully saturated rings. The Labute approximate surface area is 113 Å². The predicted octanol–water partition coefficient (Wildman–Crippen LogP) is 1.99. The molecule has 0 saturated heterocycles. The summed E-state index contributed by atoms with van der Waals surface area (Å²) in [5.41, 5.74) is 1.41. The normalized spacial score (nSPS) is 10.4. The van der Waals surface area contributed by atoms with Gasteiger partial charge in [-0.3, -0.25) is 0 Å². The minimum absolute atomic E-state index is 0.0673. The predicted molar refractivity (Wildman–Crippen MR) is 68.0 cm³/mol. The maximum absolute atomic E-state index is 12.0. The topological polar surface area (TPSA) is 93.9 Å². The average Bonchev–Trinajstić information content (AvgIpc) is 3.09. The van der Waals surface area contributed by atoms with Gasteiger partial charge in [0, 0.05) is 11.8 Å². The highest BCUT2D eigenvalue weighted by molar-refractivity contribution is 5.94. The molecule has 0 radical (unpaired) electrons. The SMILES string of the molecule is Cc1cccc(-c2ocnc2C(=O)Oc2ccn[nH]2)n1. The summed E-state index contributed by atoms with van der Waals surface area (Å²) in [6.07, 6.45) is 2.66. The van der Waals surface area contributed by atoms with Gasteiger partial charge in [-0.15, -0.1) is 0 Å². The Hall–Kier alpha value is -2.96. The van der Waals surface area contributed by atoms with E-state index in [0.29, 0.717) is 5.69 Å². The molecule has 0 aliphatic rings. The zero-order valence-corrected chi connectivity index (χ0v) is 10.5. The molecule has 0 aliphatic carbocycles. The first-order valence-corrected chi connectivity index (χ1v) is 5.83. The molecule has 0 atom stereocenters. The van der Waals surface area contributed by atoms with Crippen molar-refractivity contribution in [1.29, 1.82) is 0 Å². The number of carbonyl (C=O) groups excluding carboxylic acids is 1. The van der Waals surface area contributed by atoms with Crippen LogP contribution in [0.5, 0.6) is 5.88 Å². The molecule has 7 heteroatoms. The van der Waals surface area contributed by atoms with Gasteiger partial charge in [-0.05, 0) is 19.1 Å². The zero-order valence-electron chi connectivity index (χ0n) is 10.5. The van der Waals surface area contributed by atoms with Crippen LogP contribution in [0, 0.1) is 6.92 Å². The molecule has 0 amide bonds. The van der Waals surface area contributed by atoms with E-state index in [2.05, 4.69) is 20.2 Å². The maximum atomic E-state index is 12.0. The summed E-state index contributed by atoms with van der Waals surface area (Å²) in [4.78, 5) is 20.2. The molecule has 0 aromatic carbocycles. The zero-order chi connectivity index (χ0) is 13.9. The summed E-state index contributed by atoms with van der Waals surface area (Å²) in [5.74, 6) is -0.124. The quantitative estimate of drug-likeness (QED) is 0.731. The van der Waals surface area contributed by atoms with Crippen molar-refractivity contribution in [3.05, 3.63) is 48.2 Å². The van der Waals surface area contributed by atoms with Crippen LogP contribution in [0.15, 0.2) is 41.3 Å². The molecule has 0 spiro atoms. The Kier molecular flexibility index (Phi) is 3.00. The summed E-state index contributed by atoms with van der Waals surface area (Å²) >= 11 is 0. The van der Waals surface area contributed by atoms with Gasteiger partial charge in [0.2, 0.25) is 5.88 Å². The lowest BCUT2D eigenvalue weighted by Gasteiger charge is -2.01. The van der Waals surface area contributed by atoms with E-state index in [1.165, 1.54) is 18.7 Å². The molecular weight excluding hydrogens is 260 g/mol. The number of aromatic amines is 1. The monoisotopic (exact) mass is 270 g/mol. The number of esters is 1. The summed E-state index contributed by atoms with van der Waals surface area (Å²) < 4.78 is 10.3. The molecule has 0 bridgehead atoms. The second kappa shape index (κ2) is 4.96. The number of aromatic nitrogens is 4. The van der Waals surface area contributed by atoms with Gasteiger partial charge >= 0.3 is 5.97 Å². The van der Waals surface area contributed by atoms with E-state index in [4.69, 9.17) is 9.15 Å². The molecule has 0 unspecified atom stereocenters. The fraction of sp³-hybridized carbons (Fsp3) is 0.0769. The van der Waals surface area contributed by atoms with Crippen molar-refractivity contribution in [2.24, 2.45) is 0 Å². The molecule has 0 saturated carbocycles.